The van der Waals surface area contributed by atoms with Gasteiger partial charge < -0.3 is 10.0 Å². The van der Waals surface area contributed by atoms with E-state index in [-0.39, 0.29) is 6.04 Å². The van der Waals surface area contributed by atoms with Crippen LogP contribution in [0.5, 0.6) is 0 Å². The fourth-order valence-corrected chi connectivity index (χ4v) is 2.62. The summed E-state index contributed by atoms with van der Waals surface area (Å²) in [7, 11) is 3.99. The Balaban J connectivity index is 2.36. The van der Waals surface area contributed by atoms with Crippen molar-refractivity contribution in [2.45, 2.75) is 26.0 Å². The first kappa shape index (κ1) is 15.1. The normalized spacial score (nSPS) is 12.8. The topological polar surface area (TPSA) is 41.3 Å². The summed E-state index contributed by atoms with van der Waals surface area (Å²) in [6, 6.07) is 8.10. The number of hydrogen-bond acceptors (Lipinski definition) is 3. The summed E-state index contributed by atoms with van der Waals surface area (Å²) in [6.45, 7) is 4.09. The Labute approximate surface area is 128 Å². The Morgan fingerprint density at radius 1 is 1.20 bits per heavy atom. The molecule has 5 heteroatoms. The van der Waals surface area contributed by atoms with Gasteiger partial charge in [0.2, 0.25) is 0 Å². The fraction of sp³-hybridized carbons (Fsp3) is 0.400. The Bertz CT molecular complexity index is 575. The average Bonchev–Trinajstić information content (AvgIpc) is 2.80. The zero-order valence-corrected chi connectivity index (χ0v) is 13.8. The van der Waals surface area contributed by atoms with Crippen LogP contribution < -0.4 is 4.90 Å². The lowest BCUT2D eigenvalue weighted by molar-refractivity contribution is 0.204. The second kappa shape index (κ2) is 5.97. The van der Waals surface area contributed by atoms with Crippen LogP contribution in [0.4, 0.5) is 5.69 Å². The molecule has 0 radical (unpaired) electrons. The highest BCUT2D eigenvalue weighted by Crippen LogP contribution is 2.31. The van der Waals surface area contributed by atoms with Gasteiger partial charge in [-0.25, -0.2) is 0 Å². The summed E-state index contributed by atoms with van der Waals surface area (Å²) >= 11 is 3.47. The number of aliphatic hydroxyl groups is 1. The van der Waals surface area contributed by atoms with Gasteiger partial charge in [-0.05, 0) is 47.5 Å². The van der Waals surface area contributed by atoms with Gasteiger partial charge in [-0.2, -0.15) is 5.10 Å². The minimum atomic E-state index is -0.689. The van der Waals surface area contributed by atoms with Crippen LogP contribution in [0.3, 0.4) is 0 Å². The second-order valence-corrected chi connectivity index (χ2v) is 6.16. The molecule has 0 aliphatic carbocycles. The van der Waals surface area contributed by atoms with Gasteiger partial charge in [0, 0.05) is 25.8 Å². The summed E-state index contributed by atoms with van der Waals surface area (Å²) in [5, 5.41) is 14.9. The lowest BCUT2D eigenvalue weighted by atomic mass is 10.1. The molecule has 4 nitrogen and oxygen atoms in total. The van der Waals surface area contributed by atoms with Crippen LogP contribution in [-0.4, -0.2) is 29.0 Å². The van der Waals surface area contributed by atoms with Crippen molar-refractivity contribution in [3.05, 3.63) is 46.2 Å². The van der Waals surface area contributed by atoms with E-state index in [4.69, 9.17) is 0 Å². The van der Waals surface area contributed by atoms with E-state index in [1.165, 1.54) is 0 Å². The molecule has 2 aromatic rings. The molecule has 0 amide bonds. The van der Waals surface area contributed by atoms with Crippen LogP contribution in [0.1, 0.15) is 37.3 Å². The third kappa shape index (κ3) is 2.88. The van der Waals surface area contributed by atoms with E-state index in [1.807, 2.05) is 61.8 Å². The lowest BCUT2D eigenvalue weighted by Crippen LogP contribution is -2.13. The fourth-order valence-electron chi connectivity index (χ4n) is 2.13. The zero-order chi connectivity index (χ0) is 14.9. The van der Waals surface area contributed by atoms with Crippen LogP contribution >= 0.6 is 15.9 Å². The average molecular weight is 338 g/mol. The molecule has 1 N–H and O–H groups in total. The Kier molecular flexibility index (Phi) is 4.50. The number of halogens is 1. The summed E-state index contributed by atoms with van der Waals surface area (Å²) < 4.78 is 2.67. The zero-order valence-electron chi connectivity index (χ0n) is 12.2. The van der Waals surface area contributed by atoms with E-state index < -0.39 is 6.10 Å². The molecule has 0 aliphatic heterocycles. The summed E-state index contributed by atoms with van der Waals surface area (Å²) in [5.41, 5.74) is 2.76. The Morgan fingerprint density at radius 2 is 1.80 bits per heavy atom. The number of rotatable bonds is 4. The van der Waals surface area contributed by atoms with Crippen LogP contribution in [0.15, 0.2) is 34.9 Å². The van der Waals surface area contributed by atoms with Gasteiger partial charge in [-0.3, -0.25) is 4.68 Å². The van der Waals surface area contributed by atoms with Crippen molar-refractivity contribution in [3.8, 4) is 0 Å². The predicted molar refractivity (Wildman–Crippen MR) is 85.1 cm³/mol. The molecule has 108 valence electrons. The molecule has 0 saturated heterocycles. The van der Waals surface area contributed by atoms with Crippen LogP contribution in [-0.2, 0) is 0 Å². The lowest BCUT2D eigenvalue weighted by Gasteiger charge is -2.18. The highest BCUT2D eigenvalue weighted by atomic mass is 79.9. The van der Waals surface area contributed by atoms with Crippen LogP contribution in [0, 0.1) is 0 Å². The van der Waals surface area contributed by atoms with Crippen molar-refractivity contribution in [3.63, 3.8) is 0 Å². The minimum absolute atomic E-state index is 0.201. The van der Waals surface area contributed by atoms with Crippen molar-refractivity contribution >= 4 is 21.6 Å². The van der Waals surface area contributed by atoms with Crippen molar-refractivity contribution in [1.29, 1.82) is 0 Å². The van der Waals surface area contributed by atoms with E-state index in [9.17, 15) is 5.11 Å². The molecule has 20 heavy (non-hydrogen) atoms. The Hall–Kier alpha value is -1.33. The van der Waals surface area contributed by atoms with E-state index in [0.29, 0.717) is 0 Å². The first-order chi connectivity index (χ1) is 9.41. The van der Waals surface area contributed by atoms with Crippen molar-refractivity contribution in [2.24, 2.45) is 0 Å². The Morgan fingerprint density at radius 3 is 2.30 bits per heavy atom. The number of nitrogens with zero attached hydrogens (tertiary/aromatic N) is 3. The van der Waals surface area contributed by atoms with Crippen LogP contribution in [0.2, 0.25) is 0 Å². The number of aliphatic hydroxyl groups excluding tert-OH is 1. The highest BCUT2D eigenvalue weighted by Gasteiger charge is 2.20. The summed E-state index contributed by atoms with van der Waals surface area (Å²) in [5.74, 6) is 0. The van der Waals surface area contributed by atoms with Crippen molar-refractivity contribution < 1.29 is 5.11 Å². The second-order valence-electron chi connectivity index (χ2n) is 5.30. The number of benzene rings is 1. The van der Waals surface area contributed by atoms with Gasteiger partial charge in [0.25, 0.3) is 0 Å². The van der Waals surface area contributed by atoms with E-state index in [0.717, 1.165) is 21.4 Å². The molecule has 0 spiro atoms. The molecule has 1 aromatic carbocycles. The van der Waals surface area contributed by atoms with Gasteiger partial charge in [0.1, 0.15) is 6.10 Å². The molecule has 1 atom stereocenters. The molecule has 1 heterocycles. The van der Waals surface area contributed by atoms with Gasteiger partial charge >= 0.3 is 0 Å². The number of anilines is 1. The predicted octanol–water partition coefficient (Wildman–Crippen LogP) is 3.37. The largest absolute Gasteiger partial charge is 0.382 e. The van der Waals surface area contributed by atoms with E-state index in [1.54, 1.807) is 6.20 Å². The van der Waals surface area contributed by atoms with Crippen molar-refractivity contribution in [1.82, 2.24) is 9.78 Å². The first-order valence-corrected chi connectivity index (χ1v) is 7.39. The molecular weight excluding hydrogens is 318 g/mol. The molecule has 1 unspecified atom stereocenters. The van der Waals surface area contributed by atoms with Crippen LogP contribution in [0.25, 0.3) is 0 Å². The van der Waals surface area contributed by atoms with Gasteiger partial charge in [-0.15, -0.1) is 0 Å². The van der Waals surface area contributed by atoms with Gasteiger partial charge in [-0.1, -0.05) is 12.1 Å². The van der Waals surface area contributed by atoms with E-state index >= 15 is 0 Å². The maximum atomic E-state index is 10.6. The summed E-state index contributed by atoms with van der Waals surface area (Å²) in [6.07, 6.45) is 1.04. The standard InChI is InChI=1S/C15H20BrN3O/c1-10(2)19-14(13(16)9-17-19)15(20)11-5-7-12(8-6-11)18(3)4/h5-10,15,20H,1-4H3. The van der Waals surface area contributed by atoms with E-state index in [2.05, 4.69) is 21.0 Å². The molecule has 2 rings (SSSR count). The summed E-state index contributed by atoms with van der Waals surface area (Å²) in [4.78, 5) is 2.03. The highest BCUT2D eigenvalue weighted by molar-refractivity contribution is 9.10. The molecule has 0 bridgehead atoms. The molecule has 0 fully saturated rings. The quantitative estimate of drug-likeness (QED) is 0.929. The maximum absolute atomic E-state index is 10.6. The SMILES string of the molecule is CC(C)n1ncc(Br)c1C(O)c1ccc(N(C)C)cc1. The third-order valence-corrected chi connectivity index (χ3v) is 3.87. The van der Waals surface area contributed by atoms with Gasteiger partial charge in [0.15, 0.2) is 0 Å². The third-order valence-electron chi connectivity index (χ3n) is 3.26. The smallest absolute Gasteiger partial charge is 0.122 e. The molecular formula is C15H20BrN3O. The monoisotopic (exact) mass is 337 g/mol. The van der Waals surface area contributed by atoms with Crippen molar-refractivity contribution in [2.75, 3.05) is 19.0 Å². The molecule has 0 saturated carbocycles. The molecule has 1 aromatic heterocycles. The maximum Gasteiger partial charge on any atom is 0.122 e. The number of aromatic nitrogens is 2. The minimum Gasteiger partial charge on any atom is -0.382 e. The number of hydrogen-bond donors (Lipinski definition) is 1. The molecule has 0 aliphatic rings. The van der Waals surface area contributed by atoms with Gasteiger partial charge in [0.05, 0.1) is 16.4 Å². The first-order valence-electron chi connectivity index (χ1n) is 6.60.